The van der Waals surface area contributed by atoms with Gasteiger partial charge < -0.3 is 14.8 Å². The van der Waals surface area contributed by atoms with Crippen molar-refractivity contribution in [2.45, 2.75) is 45.3 Å². The molecule has 2 aliphatic rings. The smallest absolute Gasteiger partial charge is 0.259 e. The number of anilines is 1. The Morgan fingerprint density at radius 1 is 1.18 bits per heavy atom. The molecule has 0 atom stereocenters. The average molecular weight is 483 g/mol. The number of aromatic amines is 1. The highest BCUT2D eigenvalue weighted by Gasteiger charge is 2.23. The van der Waals surface area contributed by atoms with Gasteiger partial charge in [0.2, 0.25) is 5.91 Å². The summed E-state index contributed by atoms with van der Waals surface area (Å²) in [6.45, 7) is 7.60. The molecule has 0 bridgehead atoms. The summed E-state index contributed by atoms with van der Waals surface area (Å²) in [6.07, 6.45) is 3.73. The number of benzene rings is 1. The van der Waals surface area contributed by atoms with Gasteiger partial charge in [-0.3, -0.25) is 9.59 Å². The SMILES string of the molecule is Cc1cccc(N2CCN(C(=O)CCSCc3nc4sc5c(c4c(=O)[nH]3)CCC5)CC2)c1C. The van der Waals surface area contributed by atoms with Crippen molar-refractivity contribution in [3.8, 4) is 0 Å². The predicted molar refractivity (Wildman–Crippen MR) is 138 cm³/mol. The second-order valence-electron chi connectivity index (χ2n) is 8.94. The number of aromatic nitrogens is 2. The zero-order chi connectivity index (χ0) is 22.9. The molecule has 1 amide bonds. The van der Waals surface area contributed by atoms with Gasteiger partial charge in [-0.25, -0.2) is 4.98 Å². The number of fused-ring (bicyclic) bond motifs is 3. The van der Waals surface area contributed by atoms with Crippen LogP contribution in [0, 0.1) is 13.8 Å². The maximum atomic E-state index is 12.7. The van der Waals surface area contributed by atoms with Gasteiger partial charge in [0.15, 0.2) is 0 Å². The lowest BCUT2D eigenvalue weighted by Gasteiger charge is -2.37. The number of H-pyrrole nitrogens is 1. The molecule has 1 aliphatic carbocycles. The van der Waals surface area contributed by atoms with Gasteiger partial charge in [-0.1, -0.05) is 12.1 Å². The van der Waals surface area contributed by atoms with Gasteiger partial charge in [-0.15, -0.1) is 11.3 Å². The summed E-state index contributed by atoms with van der Waals surface area (Å²) in [6, 6.07) is 6.43. The second-order valence-corrected chi connectivity index (χ2v) is 11.1. The Morgan fingerprint density at radius 3 is 2.82 bits per heavy atom. The van der Waals surface area contributed by atoms with Gasteiger partial charge in [0, 0.05) is 48.9 Å². The van der Waals surface area contributed by atoms with Crippen LogP contribution in [0.5, 0.6) is 0 Å². The van der Waals surface area contributed by atoms with Crippen LogP contribution in [0.15, 0.2) is 23.0 Å². The van der Waals surface area contributed by atoms with Crippen LogP contribution in [-0.4, -0.2) is 52.7 Å². The largest absolute Gasteiger partial charge is 0.368 e. The normalized spacial score (nSPS) is 15.9. The molecule has 3 aromatic rings. The molecular formula is C25H30N4O2S2. The van der Waals surface area contributed by atoms with Crippen LogP contribution in [0.2, 0.25) is 0 Å². The third-order valence-corrected chi connectivity index (χ3v) is 9.03. The minimum Gasteiger partial charge on any atom is -0.368 e. The van der Waals surface area contributed by atoms with Gasteiger partial charge >= 0.3 is 0 Å². The number of nitrogens with zero attached hydrogens (tertiary/aromatic N) is 3. The van der Waals surface area contributed by atoms with E-state index in [1.165, 1.54) is 27.3 Å². The molecule has 0 radical (unpaired) electrons. The lowest BCUT2D eigenvalue weighted by atomic mass is 10.1. The van der Waals surface area contributed by atoms with E-state index in [2.05, 4.69) is 41.9 Å². The molecule has 1 aliphatic heterocycles. The molecule has 0 unspecified atom stereocenters. The molecule has 2 aromatic heterocycles. The van der Waals surface area contributed by atoms with E-state index in [0.29, 0.717) is 18.0 Å². The van der Waals surface area contributed by atoms with Crippen molar-refractivity contribution < 1.29 is 4.79 Å². The highest BCUT2D eigenvalue weighted by molar-refractivity contribution is 7.98. The Bertz CT molecular complexity index is 1240. The Labute approximate surface area is 202 Å². The predicted octanol–water partition coefficient (Wildman–Crippen LogP) is 4.06. The number of thiophene rings is 1. The molecule has 0 saturated carbocycles. The quantitative estimate of drug-likeness (QED) is 0.537. The summed E-state index contributed by atoms with van der Waals surface area (Å²) in [7, 11) is 0. The Hall–Kier alpha value is -2.32. The van der Waals surface area contributed by atoms with Gasteiger partial charge in [-0.05, 0) is 55.9 Å². The van der Waals surface area contributed by atoms with Gasteiger partial charge in [0.1, 0.15) is 10.7 Å². The van der Waals surface area contributed by atoms with E-state index < -0.39 is 0 Å². The summed E-state index contributed by atoms with van der Waals surface area (Å²) in [5.41, 5.74) is 5.12. The molecule has 0 spiro atoms. The molecule has 33 heavy (non-hydrogen) atoms. The number of amides is 1. The number of piperazine rings is 1. The van der Waals surface area contributed by atoms with Crippen LogP contribution < -0.4 is 10.5 Å². The number of rotatable bonds is 6. The maximum absolute atomic E-state index is 12.7. The lowest BCUT2D eigenvalue weighted by Crippen LogP contribution is -2.49. The highest BCUT2D eigenvalue weighted by Crippen LogP contribution is 2.34. The van der Waals surface area contributed by atoms with Crippen molar-refractivity contribution in [1.29, 1.82) is 0 Å². The summed E-state index contributed by atoms with van der Waals surface area (Å²) < 4.78 is 0. The minimum absolute atomic E-state index is 0.00667. The molecule has 1 saturated heterocycles. The van der Waals surface area contributed by atoms with Crippen molar-refractivity contribution in [1.82, 2.24) is 14.9 Å². The second kappa shape index (κ2) is 9.50. The first-order valence-electron chi connectivity index (χ1n) is 11.7. The zero-order valence-corrected chi connectivity index (χ0v) is 20.9. The van der Waals surface area contributed by atoms with Crippen LogP contribution in [0.4, 0.5) is 5.69 Å². The topological polar surface area (TPSA) is 69.3 Å². The standard InChI is InChI=1S/C25H30N4O2S2/c1-16-5-3-7-19(17(16)2)28-10-12-29(13-11-28)22(30)9-14-32-15-21-26-24(31)23-18-6-4-8-20(18)33-25(23)27-21/h3,5,7H,4,6,8-15H2,1-2H3,(H,26,27,31). The molecule has 3 heterocycles. The molecule has 1 fully saturated rings. The van der Waals surface area contributed by atoms with Gasteiger partial charge in [0.25, 0.3) is 5.56 Å². The van der Waals surface area contributed by atoms with Crippen LogP contribution in [0.1, 0.15) is 40.2 Å². The van der Waals surface area contributed by atoms with Crippen molar-refractivity contribution >= 4 is 44.9 Å². The van der Waals surface area contributed by atoms with E-state index in [9.17, 15) is 9.59 Å². The Morgan fingerprint density at radius 2 is 2.00 bits per heavy atom. The number of hydrogen-bond donors (Lipinski definition) is 1. The van der Waals surface area contributed by atoms with Crippen LogP contribution in [0.3, 0.4) is 0 Å². The molecule has 174 valence electrons. The van der Waals surface area contributed by atoms with Crippen molar-refractivity contribution in [2.24, 2.45) is 0 Å². The molecule has 1 aromatic carbocycles. The van der Waals surface area contributed by atoms with Gasteiger partial charge in [0.05, 0.1) is 11.1 Å². The van der Waals surface area contributed by atoms with E-state index in [0.717, 1.165) is 61.4 Å². The van der Waals surface area contributed by atoms with Crippen molar-refractivity contribution in [2.75, 3.05) is 36.8 Å². The Kier molecular flexibility index (Phi) is 6.47. The molecule has 5 rings (SSSR count). The zero-order valence-electron chi connectivity index (χ0n) is 19.3. The average Bonchev–Trinajstić information content (AvgIpc) is 3.39. The first-order chi connectivity index (χ1) is 16.0. The number of thioether (sulfide) groups is 1. The molecule has 8 heteroatoms. The first-order valence-corrected chi connectivity index (χ1v) is 13.7. The number of nitrogens with one attached hydrogen (secondary N) is 1. The van der Waals surface area contributed by atoms with E-state index in [-0.39, 0.29) is 11.5 Å². The summed E-state index contributed by atoms with van der Waals surface area (Å²) in [5, 5.41) is 0.802. The van der Waals surface area contributed by atoms with Crippen molar-refractivity contribution in [3.05, 3.63) is 55.9 Å². The summed E-state index contributed by atoms with van der Waals surface area (Å²) in [5.74, 6) is 2.29. The Balaban J connectivity index is 1.10. The fraction of sp³-hybridized carbons (Fsp3) is 0.480. The summed E-state index contributed by atoms with van der Waals surface area (Å²) in [4.78, 5) is 39.5. The fourth-order valence-electron chi connectivity index (χ4n) is 4.88. The number of carbonyl (C=O) groups excluding carboxylic acids is 1. The highest BCUT2D eigenvalue weighted by atomic mass is 32.2. The van der Waals surface area contributed by atoms with E-state index in [1.54, 1.807) is 23.1 Å². The fourth-order valence-corrected chi connectivity index (χ4v) is 6.95. The number of hydrogen-bond acceptors (Lipinski definition) is 6. The molecular weight excluding hydrogens is 452 g/mol. The first kappa shape index (κ1) is 22.5. The van der Waals surface area contributed by atoms with E-state index >= 15 is 0 Å². The molecule has 6 nitrogen and oxygen atoms in total. The van der Waals surface area contributed by atoms with Gasteiger partial charge in [-0.2, -0.15) is 11.8 Å². The number of aryl methyl sites for hydroxylation is 3. The summed E-state index contributed by atoms with van der Waals surface area (Å²) >= 11 is 3.33. The third kappa shape index (κ3) is 4.55. The van der Waals surface area contributed by atoms with E-state index in [4.69, 9.17) is 4.98 Å². The maximum Gasteiger partial charge on any atom is 0.259 e. The van der Waals surface area contributed by atoms with Crippen LogP contribution in [0.25, 0.3) is 10.2 Å². The van der Waals surface area contributed by atoms with Crippen LogP contribution in [-0.2, 0) is 23.4 Å². The van der Waals surface area contributed by atoms with Crippen molar-refractivity contribution in [3.63, 3.8) is 0 Å². The monoisotopic (exact) mass is 482 g/mol. The minimum atomic E-state index is -0.00667. The lowest BCUT2D eigenvalue weighted by molar-refractivity contribution is -0.131. The molecule has 1 N–H and O–H groups in total. The van der Waals surface area contributed by atoms with E-state index in [1.807, 2.05) is 4.90 Å². The number of carbonyl (C=O) groups is 1. The third-order valence-electron chi connectivity index (χ3n) is 6.87. The van der Waals surface area contributed by atoms with Crippen LogP contribution >= 0.6 is 23.1 Å².